The van der Waals surface area contributed by atoms with E-state index in [1.54, 1.807) is 0 Å². The lowest BCUT2D eigenvalue weighted by Gasteiger charge is -2.12. The van der Waals surface area contributed by atoms with Crippen LogP contribution in [0.25, 0.3) is 0 Å². The molecule has 4 nitrogen and oxygen atoms in total. The molecule has 0 aromatic rings. The first-order valence-corrected chi connectivity index (χ1v) is 3.24. The number of rotatable bonds is 6. The van der Waals surface area contributed by atoms with E-state index in [9.17, 15) is 9.59 Å². The lowest BCUT2D eigenvalue weighted by atomic mass is 10.3. The molecule has 2 amide bonds. The minimum atomic E-state index is -0.208. The summed E-state index contributed by atoms with van der Waals surface area (Å²) in [5.41, 5.74) is 0. The Balaban J connectivity index is 3.48. The van der Waals surface area contributed by atoms with Crippen molar-refractivity contribution in [1.82, 2.24) is 10.6 Å². The summed E-state index contributed by atoms with van der Waals surface area (Å²) in [7, 11) is 0. The Morgan fingerprint density at radius 1 is 1.30 bits per heavy atom. The Kier molecular flexibility index (Phi) is 5.42. The molecule has 0 aliphatic carbocycles. The van der Waals surface area contributed by atoms with Gasteiger partial charge in [-0.3, -0.25) is 9.59 Å². The first-order valence-electron chi connectivity index (χ1n) is 3.24. The maximum Gasteiger partial charge on any atom is 0.208 e. The molecular weight excluding hydrogens is 132 g/mol. The molecule has 0 fully saturated rings. The van der Waals surface area contributed by atoms with Crippen molar-refractivity contribution >= 4 is 12.8 Å². The molecule has 58 valence electrons. The number of amides is 2. The minimum Gasteiger partial charge on any atom is -0.339 e. The van der Waals surface area contributed by atoms with Gasteiger partial charge in [-0.1, -0.05) is 13.3 Å². The molecule has 0 unspecified atom stereocenters. The maximum atomic E-state index is 9.90. The van der Waals surface area contributed by atoms with E-state index >= 15 is 0 Å². The Hall–Kier alpha value is -1.06. The van der Waals surface area contributed by atoms with Crippen molar-refractivity contribution < 1.29 is 9.59 Å². The van der Waals surface area contributed by atoms with Crippen LogP contribution in [-0.2, 0) is 9.59 Å². The first kappa shape index (κ1) is 8.94. The van der Waals surface area contributed by atoms with Gasteiger partial charge in [0.25, 0.3) is 0 Å². The monoisotopic (exact) mass is 144 g/mol. The van der Waals surface area contributed by atoms with Crippen LogP contribution in [0, 0.1) is 0 Å². The van der Waals surface area contributed by atoms with E-state index in [0.717, 1.165) is 12.8 Å². The smallest absolute Gasteiger partial charge is 0.208 e. The van der Waals surface area contributed by atoms with Crippen molar-refractivity contribution in [2.75, 3.05) is 0 Å². The van der Waals surface area contributed by atoms with Crippen LogP contribution in [-0.4, -0.2) is 19.0 Å². The molecule has 0 radical (unpaired) electrons. The van der Waals surface area contributed by atoms with Gasteiger partial charge in [-0.05, 0) is 6.42 Å². The summed E-state index contributed by atoms with van der Waals surface area (Å²) in [4.78, 5) is 19.8. The lowest BCUT2D eigenvalue weighted by Crippen LogP contribution is -2.40. The third-order valence-corrected chi connectivity index (χ3v) is 1.12. The topological polar surface area (TPSA) is 58.2 Å². The predicted octanol–water partition coefficient (Wildman–Crippen LogP) is -0.395. The fourth-order valence-corrected chi connectivity index (χ4v) is 0.668. The molecule has 0 saturated carbocycles. The molecule has 0 bridgehead atoms. The lowest BCUT2D eigenvalue weighted by molar-refractivity contribution is -0.112. The fraction of sp³-hybridized carbons (Fsp3) is 0.667. The summed E-state index contributed by atoms with van der Waals surface area (Å²) in [5, 5.41) is 4.92. The largest absolute Gasteiger partial charge is 0.339 e. The van der Waals surface area contributed by atoms with Crippen LogP contribution in [0.3, 0.4) is 0 Å². The van der Waals surface area contributed by atoms with Gasteiger partial charge < -0.3 is 10.6 Å². The fourth-order valence-electron chi connectivity index (χ4n) is 0.668. The van der Waals surface area contributed by atoms with E-state index in [0.29, 0.717) is 12.8 Å². The summed E-state index contributed by atoms with van der Waals surface area (Å²) in [5.74, 6) is 0. The average molecular weight is 144 g/mol. The van der Waals surface area contributed by atoms with Crippen molar-refractivity contribution in [1.29, 1.82) is 0 Å². The van der Waals surface area contributed by atoms with E-state index in [1.807, 2.05) is 6.92 Å². The Morgan fingerprint density at radius 3 is 2.10 bits per heavy atom. The highest BCUT2D eigenvalue weighted by atomic mass is 16.1. The zero-order valence-electron chi connectivity index (χ0n) is 5.96. The third-order valence-electron chi connectivity index (χ3n) is 1.12. The van der Waals surface area contributed by atoms with Gasteiger partial charge in [0.15, 0.2) is 0 Å². The number of carbonyl (C=O) groups is 2. The number of hydrogen-bond acceptors (Lipinski definition) is 2. The molecule has 4 heteroatoms. The van der Waals surface area contributed by atoms with Gasteiger partial charge in [-0.25, -0.2) is 0 Å². The van der Waals surface area contributed by atoms with E-state index in [2.05, 4.69) is 10.6 Å². The van der Waals surface area contributed by atoms with Crippen molar-refractivity contribution in [3.63, 3.8) is 0 Å². The van der Waals surface area contributed by atoms with Gasteiger partial charge in [-0.2, -0.15) is 0 Å². The molecule has 0 heterocycles. The summed E-state index contributed by atoms with van der Waals surface area (Å²) in [6.45, 7) is 1.98. The zero-order valence-corrected chi connectivity index (χ0v) is 5.96. The standard InChI is InChI=1S/C6H12N2O2/c1-2-3-6(7-4-9)8-5-10/h4-6H,2-3H2,1H3,(H,7,9)(H,8,10). The van der Waals surface area contributed by atoms with Crippen LogP contribution in [0.1, 0.15) is 19.8 Å². The van der Waals surface area contributed by atoms with Gasteiger partial charge in [0, 0.05) is 0 Å². The van der Waals surface area contributed by atoms with Crippen molar-refractivity contribution in [3.05, 3.63) is 0 Å². The molecular formula is C6H12N2O2. The van der Waals surface area contributed by atoms with Gasteiger partial charge in [0.1, 0.15) is 6.17 Å². The molecule has 0 aromatic carbocycles. The SMILES string of the molecule is CCCC(NC=O)NC=O. The molecule has 0 spiro atoms. The first-order chi connectivity index (χ1) is 4.85. The van der Waals surface area contributed by atoms with Gasteiger partial charge >= 0.3 is 0 Å². The van der Waals surface area contributed by atoms with Crippen LogP contribution >= 0.6 is 0 Å². The number of nitrogens with one attached hydrogen (secondary N) is 2. The van der Waals surface area contributed by atoms with E-state index < -0.39 is 0 Å². The molecule has 0 saturated heterocycles. The molecule has 0 aromatic heterocycles. The van der Waals surface area contributed by atoms with Gasteiger partial charge in [0.2, 0.25) is 12.8 Å². The summed E-state index contributed by atoms with van der Waals surface area (Å²) >= 11 is 0. The summed E-state index contributed by atoms with van der Waals surface area (Å²) in [6, 6.07) is 0. The second-order valence-electron chi connectivity index (χ2n) is 1.91. The van der Waals surface area contributed by atoms with Crippen LogP contribution in [0.5, 0.6) is 0 Å². The Bertz CT molecular complexity index is 95.9. The van der Waals surface area contributed by atoms with Crippen molar-refractivity contribution in [3.8, 4) is 0 Å². The summed E-state index contributed by atoms with van der Waals surface area (Å²) < 4.78 is 0. The number of carbonyl (C=O) groups excluding carboxylic acids is 2. The van der Waals surface area contributed by atoms with E-state index in [-0.39, 0.29) is 6.17 Å². The molecule has 10 heavy (non-hydrogen) atoms. The molecule has 0 aliphatic heterocycles. The average Bonchev–Trinajstić information content (AvgIpc) is 1.90. The highest BCUT2D eigenvalue weighted by Crippen LogP contribution is 1.89. The highest BCUT2D eigenvalue weighted by Gasteiger charge is 2.01. The second-order valence-corrected chi connectivity index (χ2v) is 1.91. The van der Waals surface area contributed by atoms with Crippen LogP contribution < -0.4 is 10.6 Å². The molecule has 2 N–H and O–H groups in total. The van der Waals surface area contributed by atoms with Crippen molar-refractivity contribution in [2.24, 2.45) is 0 Å². The van der Waals surface area contributed by atoms with E-state index in [1.165, 1.54) is 0 Å². The number of hydrogen-bond donors (Lipinski definition) is 2. The molecule has 0 rings (SSSR count). The summed E-state index contributed by atoms with van der Waals surface area (Å²) in [6.07, 6.45) is 2.64. The Morgan fingerprint density at radius 2 is 1.80 bits per heavy atom. The zero-order chi connectivity index (χ0) is 7.82. The normalized spacial score (nSPS) is 9.00. The van der Waals surface area contributed by atoms with Gasteiger partial charge in [0.05, 0.1) is 0 Å². The van der Waals surface area contributed by atoms with E-state index in [4.69, 9.17) is 0 Å². The Labute approximate surface area is 60.0 Å². The van der Waals surface area contributed by atoms with Crippen LogP contribution in [0.4, 0.5) is 0 Å². The van der Waals surface area contributed by atoms with Crippen molar-refractivity contribution in [2.45, 2.75) is 25.9 Å². The predicted molar refractivity (Wildman–Crippen MR) is 37.1 cm³/mol. The third kappa shape index (κ3) is 3.88. The van der Waals surface area contributed by atoms with Gasteiger partial charge in [-0.15, -0.1) is 0 Å². The van der Waals surface area contributed by atoms with Crippen LogP contribution in [0.2, 0.25) is 0 Å². The highest BCUT2D eigenvalue weighted by molar-refractivity contribution is 5.50. The minimum absolute atomic E-state index is 0.208. The second kappa shape index (κ2) is 6.07. The molecule has 0 aliphatic rings. The molecule has 0 atom stereocenters. The van der Waals surface area contributed by atoms with Crippen LogP contribution in [0.15, 0.2) is 0 Å². The quantitative estimate of drug-likeness (QED) is 0.394. The maximum absolute atomic E-state index is 9.90.